The van der Waals surface area contributed by atoms with Gasteiger partial charge in [0.25, 0.3) is 0 Å². The Balaban J connectivity index is 1.42. The zero-order valence-electron chi connectivity index (χ0n) is 13.1. The molecule has 0 N–H and O–H groups in total. The molecule has 128 valence electrons. The van der Waals surface area contributed by atoms with Crippen molar-refractivity contribution < 1.29 is 28.2 Å². The molecule has 5 nitrogen and oxygen atoms in total. The predicted octanol–water partition coefficient (Wildman–Crippen LogP) is 2.56. The van der Waals surface area contributed by atoms with E-state index in [0.29, 0.717) is 11.1 Å². The van der Waals surface area contributed by atoms with E-state index >= 15 is 4.39 Å². The fourth-order valence-electron chi connectivity index (χ4n) is 3.02. The van der Waals surface area contributed by atoms with Crippen molar-refractivity contribution in [2.75, 3.05) is 6.61 Å². The summed E-state index contributed by atoms with van der Waals surface area (Å²) in [7, 11) is 0. The van der Waals surface area contributed by atoms with E-state index in [4.69, 9.17) is 14.2 Å². The second-order valence-electron chi connectivity index (χ2n) is 6.03. The van der Waals surface area contributed by atoms with Crippen LogP contribution in [0.2, 0.25) is 0 Å². The molecule has 2 aromatic rings. The van der Waals surface area contributed by atoms with Crippen LogP contribution in [0.25, 0.3) is 0 Å². The van der Waals surface area contributed by atoms with Crippen molar-refractivity contribution in [2.45, 2.75) is 24.0 Å². The standard InChI is InChI=1S/C19H15FO5/c20-19-14(24-17(21)12-7-3-1-4-8-12)11-23-15(19)16(19)25-18(22)13-9-5-2-6-10-13/h1-10,14-16H,11H2/t14-,15+,16?,19-/m0/s1. The van der Waals surface area contributed by atoms with Crippen LogP contribution in [-0.2, 0) is 14.2 Å². The molecule has 4 atom stereocenters. The zero-order valence-corrected chi connectivity index (χ0v) is 13.1. The van der Waals surface area contributed by atoms with E-state index in [1.165, 1.54) is 0 Å². The third-order valence-electron chi connectivity index (χ3n) is 4.46. The fourth-order valence-corrected chi connectivity index (χ4v) is 3.02. The van der Waals surface area contributed by atoms with Gasteiger partial charge in [0, 0.05) is 0 Å². The molecule has 1 unspecified atom stereocenters. The van der Waals surface area contributed by atoms with Crippen LogP contribution in [0, 0.1) is 0 Å². The topological polar surface area (TPSA) is 61.8 Å². The van der Waals surface area contributed by atoms with E-state index in [-0.39, 0.29) is 6.61 Å². The largest absolute Gasteiger partial charge is 0.453 e. The minimum absolute atomic E-state index is 0.0564. The number of hydrogen-bond donors (Lipinski definition) is 0. The lowest BCUT2D eigenvalue weighted by Gasteiger charge is -2.18. The number of fused-ring (bicyclic) bond motifs is 1. The van der Waals surface area contributed by atoms with Crippen LogP contribution in [0.4, 0.5) is 4.39 Å². The molecule has 1 saturated carbocycles. The highest BCUT2D eigenvalue weighted by molar-refractivity contribution is 5.90. The van der Waals surface area contributed by atoms with Crippen molar-refractivity contribution in [3.05, 3.63) is 71.8 Å². The number of hydrogen-bond acceptors (Lipinski definition) is 5. The monoisotopic (exact) mass is 342 g/mol. The summed E-state index contributed by atoms with van der Waals surface area (Å²) in [5.74, 6) is -1.26. The molecule has 25 heavy (non-hydrogen) atoms. The molecule has 2 fully saturated rings. The quantitative estimate of drug-likeness (QED) is 0.799. The summed E-state index contributed by atoms with van der Waals surface area (Å²) in [5.41, 5.74) is -1.34. The lowest BCUT2D eigenvalue weighted by molar-refractivity contribution is -0.0316. The Bertz CT molecular complexity index is 794. The van der Waals surface area contributed by atoms with Gasteiger partial charge in [-0.15, -0.1) is 0 Å². The van der Waals surface area contributed by atoms with Gasteiger partial charge in [-0.2, -0.15) is 0 Å². The molecule has 4 rings (SSSR count). The third kappa shape index (κ3) is 2.68. The number of benzene rings is 2. The van der Waals surface area contributed by atoms with E-state index < -0.39 is 35.9 Å². The SMILES string of the molecule is O=C(OC1[C@H]2OC[C@H](OC(=O)c3ccccc3)[C@@]12F)c1ccccc1. The van der Waals surface area contributed by atoms with Crippen molar-refractivity contribution in [1.82, 2.24) is 0 Å². The van der Waals surface area contributed by atoms with Crippen molar-refractivity contribution in [2.24, 2.45) is 0 Å². The number of ether oxygens (including phenoxy) is 3. The molecule has 0 radical (unpaired) electrons. The average Bonchev–Trinajstić information content (AvgIpc) is 3.07. The zero-order chi connectivity index (χ0) is 17.4. The molecular weight excluding hydrogens is 327 g/mol. The van der Waals surface area contributed by atoms with E-state index in [0.717, 1.165) is 0 Å². The smallest absolute Gasteiger partial charge is 0.338 e. The number of halogens is 1. The highest BCUT2D eigenvalue weighted by atomic mass is 19.1. The molecule has 2 aromatic carbocycles. The first kappa shape index (κ1) is 15.8. The second kappa shape index (κ2) is 5.97. The maximum Gasteiger partial charge on any atom is 0.338 e. The summed E-state index contributed by atoms with van der Waals surface area (Å²) in [6.07, 6.45) is -3.06. The first-order valence-corrected chi connectivity index (χ1v) is 7.93. The summed E-state index contributed by atoms with van der Waals surface area (Å²) in [6, 6.07) is 16.6. The molecular formula is C19H15FO5. The number of rotatable bonds is 4. The lowest BCUT2D eigenvalue weighted by atomic mass is 10.2. The molecule has 0 aromatic heterocycles. The molecule has 0 amide bonds. The Hall–Kier alpha value is -2.73. The molecule has 2 aliphatic rings. The molecule has 1 aliphatic carbocycles. The van der Waals surface area contributed by atoms with Gasteiger partial charge in [-0.1, -0.05) is 36.4 Å². The number of carbonyl (C=O) groups is 2. The number of carbonyl (C=O) groups excluding carboxylic acids is 2. The van der Waals surface area contributed by atoms with Crippen LogP contribution >= 0.6 is 0 Å². The minimum atomic E-state index is -1.99. The number of alkyl halides is 1. The van der Waals surface area contributed by atoms with Crippen molar-refractivity contribution in [3.63, 3.8) is 0 Å². The van der Waals surface area contributed by atoms with Gasteiger partial charge < -0.3 is 14.2 Å². The van der Waals surface area contributed by atoms with E-state index in [1.807, 2.05) is 0 Å². The molecule has 1 aliphatic heterocycles. The van der Waals surface area contributed by atoms with Crippen LogP contribution in [0.5, 0.6) is 0 Å². The highest BCUT2D eigenvalue weighted by Crippen LogP contribution is 2.54. The Morgan fingerprint density at radius 2 is 1.44 bits per heavy atom. The van der Waals surface area contributed by atoms with E-state index in [9.17, 15) is 9.59 Å². The van der Waals surface area contributed by atoms with Crippen LogP contribution in [-0.4, -0.2) is 42.5 Å². The maximum atomic E-state index is 15.1. The van der Waals surface area contributed by atoms with Gasteiger partial charge in [0.05, 0.1) is 17.7 Å². The molecule has 0 spiro atoms. The normalized spacial score (nSPS) is 29.6. The van der Waals surface area contributed by atoms with E-state index in [1.54, 1.807) is 60.7 Å². The number of esters is 2. The summed E-state index contributed by atoms with van der Waals surface area (Å²) < 4.78 is 30.8. The lowest BCUT2D eigenvalue weighted by Crippen LogP contribution is -2.35. The summed E-state index contributed by atoms with van der Waals surface area (Å²) in [6.45, 7) is -0.0564. The predicted molar refractivity (Wildman–Crippen MR) is 84.9 cm³/mol. The summed E-state index contributed by atoms with van der Waals surface area (Å²) in [4.78, 5) is 24.2. The van der Waals surface area contributed by atoms with Gasteiger partial charge in [0.2, 0.25) is 5.67 Å². The van der Waals surface area contributed by atoms with Crippen LogP contribution in [0.1, 0.15) is 20.7 Å². The van der Waals surface area contributed by atoms with Crippen LogP contribution in [0.3, 0.4) is 0 Å². The highest BCUT2D eigenvalue weighted by Gasteiger charge is 2.80. The first-order valence-electron chi connectivity index (χ1n) is 7.93. The molecule has 1 heterocycles. The van der Waals surface area contributed by atoms with Crippen molar-refractivity contribution in [1.29, 1.82) is 0 Å². The Morgan fingerprint density at radius 3 is 2.00 bits per heavy atom. The summed E-state index contributed by atoms with van der Waals surface area (Å²) >= 11 is 0. The average molecular weight is 342 g/mol. The Morgan fingerprint density at radius 1 is 0.920 bits per heavy atom. The molecule has 0 bridgehead atoms. The minimum Gasteiger partial charge on any atom is -0.453 e. The molecule has 6 heteroatoms. The Kier molecular flexibility index (Phi) is 3.77. The second-order valence-corrected chi connectivity index (χ2v) is 6.03. The van der Waals surface area contributed by atoms with Crippen molar-refractivity contribution in [3.8, 4) is 0 Å². The van der Waals surface area contributed by atoms with Gasteiger partial charge in [-0.05, 0) is 24.3 Å². The first-order chi connectivity index (χ1) is 12.1. The van der Waals surface area contributed by atoms with Crippen LogP contribution in [0.15, 0.2) is 60.7 Å². The van der Waals surface area contributed by atoms with Gasteiger partial charge >= 0.3 is 11.9 Å². The fraction of sp³-hybridized carbons (Fsp3) is 0.263. The Labute approximate surface area is 143 Å². The van der Waals surface area contributed by atoms with E-state index in [2.05, 4.69) is 0 Å². The maximum absolute atomic E-state index is 15.1. The van der Waals surface area contributed by atoms with Gasteiger partial charge in [-0.25, -0.2) is 14.0 Å². The third-order valence-corrected chi connectivity index (χ3v) is 4.46. The van der Waals surface area contributed by atoms with Crippen molar-refractivity contribution >= 4 is 11.9 Å². The molecule has 1 saturated heterocycles. The van der Waals surface area contributed by atoms with Gasteiger partial charge in [0.1, 0.15) is 6.10 Å². The summed E-state index contributed by atoms with van der Waals surface area (Å²) in [5, 5.41) is 0. The van der Waals surface area contributed by atoms with Gasteiger partial charge in [0.15, 0.2) is 12.2 Å². The van der Waals surface area contributed by atoms with Gasteiger partial charge in [-0.3, -0.25) is 0 Å². The van der Waals surface area contributed by atoms with Crippen LogP contribution < -0.4 is 0 Å².